The molecule has 3 atom stereocenters. The summed E-state index contributed by atoms with van der Waals surface area (Å²) in [6.07, 6.45) is 4.91. The average Bonchev–Trinajstić information content (AvgIpc) is 3.29. The molecule has 6 heteroatoms. The van der Waals surface area contributed by atoms with E-state index in [0.717, 1.165) is 52.3 Å². The van der Waals surface area contributed by atoms with E-state index in [1.807, 2.05) is 12.1 Å². The van der Waals surface area contributed by atoms with Gasteiger partial charge < -0.3 is 18.6 Å². The summed E-state index contributed by atoms with van der Waals surface area (Å²) in [4.78, 5) is 15.7. The van der Waals surface area contributed by atoms with E-state index in [9.17, 15) is 4.79 Å². The van der Waals surface area contributed by atoms with Crippen LogP contribution in [0, 0.1) is 24.7 Å². The summed E-state index contributed by atoms with van der Waals surface area (Å²) in [6, 6.07) is 12.9. The Labute approximate surface area is 219 Å². The molecule has 36 heavy (non-hydrogen) atoms. The lowest BCUT2D eigenvalue weighted by atomic mass is 10.0. The molecule has 2 aliphatic carbocycles. The van der Waals surface area contributed by atoms with Crippen LogP contribution in [0.2, 0.25) is 0 Å². The molecule has 3 aliphatic rings. The molecule has 3 fully saturated rings. The number of piperidine rings is 1. The summed E-state index contributed by atoms with van der Waals surface area (Å²) in [7, 11) is 1.68. The van der Waals surface area contributed by atoms with Crippen LogP contribution in [0.25, 0.3) is 33.3 Å². The Balaban J connectivity index is 1.35. The van der Waals surface area contributed by atoms with E-state index in [1.54, 1.807) is 7.11 Å². The van der Waals surface area contributed by atoms with Gasteiger partial charge in [-0.15, -0.1) is 0 Å². The Morgan fingerprint density at radius 3 is 2.67 bits per heavy atom. The fraction of sp³-hybridized carbons (Fsp3) is 0.433. The number of aromatic nitrogens is 1. The van der Waals surface area contributed by atoms with E-state index >= 15 is 0 Å². The number of aryl methyl sites for hydroxylation is 1. The number of rotatable bonds is 5. The number of nitrogens with zero attached hydrogens (tertiary/aromatic N) is 2. The minimum Gasteiger partial charge on any atom is -0.496 e. The lowest BCUT2D eigenvalue weighted by Gasteiger charge is -2.27. The zero-order valence-corrected chi connectivity index (χ0v) is 22.6. The molecule has 186 valence electrons. The molecular formula is C30H31BrN2O3. The quantitative estimate of drug-likeness (QED) is 0.261. The molecule has 5 nitrogen and oxygen atoms in total. The lowest BCUT2D eigenvalue weighted by molar-refractivity contribution is 0.0695. The second-order valence-electron chi connectivity index (χ2n) is 11.1. The predicted octanol–water partition coefficient (Wildman–Crippen LogP) is 7.41. The fourth-order valence-corrected chi connectivity index (χ4v) is 7.10. The Bertz CT molecular complexity index is 1530. The van der Waals surface area contributed by atoms with Gasteiger partial charge in [-0.05, 0) is 80.7 Å². The van der Waals surface area contributed by atoms with Crippen molar-refractivity contribution in [3.8, 4) is 17.2 Å². The van der Waals surface area contributed by atoms with Crippen molar-refractivity contribution >= 4 is 43.7 Å². The highest BCUT2D eigenvalue weighted by Crippen LogP contribution is 2.45. The summed E-state index contributed by atoms with van der Waals surface area (Å²) < 4.78 is 15.9. The minimum absolute atomic E-state index is 0.0950. The van der Waals surface area contributed by atoms with E-state index < -0.39 is 0 Å². The van der Waals surface area contributed by atoms with Crippen molar-refractivity contribution < 1.29 is 13.9 Å². The number of likely N-dealkylation sites (tertiary alicyclic amines) is 1. The zero-order chi connectivity index (χ0) is 24.7. The third-order valence-corrected chi connectivity index (χ3v) is 9.47. The summed E-state index contributed by atoms with van der Waals surface area (Å²) in [5.74, 6) is 3.60. The van der Waals surface area contributed by atoms with Gasteiger partial charge in [0.1, 0.15) is 11.3 Å². The van der Waals surface area contributed by atoms with E-state index in [-0.39, 0.29) is 5.91 Å². The molecule has 2 saturated carbocycles. The molecule has 1 amide bonds. The molecule has 0 radical (unpaired) electrons. The van der Waals surface area contributed by atoms with Crippen molar-refractivity contribution in [3.63, 3.8) is 0 Å². The molecule has 0 N–H and O–H groups in total. The molecule has 0 spiro atoms. The summed E-state index contributed by atoms with van der Waals surface area (Å²) >= 11 is 3.65. The second-order valence-corrected chi connectivity index (χ2v) is 12.0. The molecule has 3 heterocycles. The standard InChI is InChI=1S/C30H31BrN2O3/c1-16-20-7-9-23(16)33(15-20)30(34)21-11-26(35-3)28-17(2)29(36-27(28)12-21)25-10-19-6-8-22(31)13-24(19)32(25)14-18-4-5-18/h6,8,10-13,16,18,20,23H,4-5,7,9,14-15H2,1-3H3. The average molecular weight is 547 g/mol. The van der Waals surface area contributed by atoms with Crippen molar-refractivity contribution in [1.82, 2.24) is 9.47 Å². The third kappa shape index (κ3) is 3.37. The monoisotopic (exact) mass is 546 g/mol. The normalized spacial score (nSPS) is 23.3. The minimum atomic E-state index is 0.0950. The maximum atomic E-state index is 13.6. The fourth-order valence-electron chi connectivity index (χ4n) is 6.75. The highest BCUT2D eigenvalue weighted by atomic mass is 79.9. The largest absolute Gasteiger partial charge is 0.496 e. The van der Waals surface area contributed by atoms with Gasteiger partial charge >= 0.3 is 0 Å². The summed E-state index contributed by atoms with van der Waals surface area (Å²) in [5, 5.41) is 2.15. The maximum absolute atomic E-state index is 13.6. The van der Waals surface area contributed by atoms with Gasteiger partial charge in [0.05, 0.1) is 18.2 Å². The molecule has 1 aliphatic heterocycles. The van der Waals surface area contributed by atoms with Crippen LogP contribution in [-0.4, -0.2) is 35.1 Å². The van der Waals surface area contributed by atoms with Gasteiger partial charge in [0.15, 0.2) is 5.76 Å². The highest BCUT2D eigenvalue weighted by molar-refractivity contribution is 9.10. The van der Waals surface area contributed by atoms with Crippen LogP contribution in [0.4, 0.5) is 0 Å². The number of benzene rings is 2. The van der Waals surface area contributed by atoms with Gasteiger partial charge in [-0.3, -0.25) is 4.79 Å². The lowest BCUT2D eigenvalue weighted by Crippen LogP contribution is -2.38. The van der Waals surface area contributed by atoms with Gasteiger partial charge in [-0.2, -0.15) is 0 Å². The number of methoxy groups -OCH3 is 1. The number of ether oxygens (including phenoxy) is 1. The molecule has 2 aromatic carbocycles. The topological polar surface area (TPSA) is 47.6 Å². The van der Waals surface area contributed by atoms with E-state index in [0.29, 0.717) is 34.8 Å². The van der Waals surface area contributed by atoms with Crippen molar-refractivity contribution in [2.24, 2.45) is 17.8 Å². The number of halogens is 1. The van der Waals surface area contributed by atoms with Gasteiger partial charge in [0, 0.05) is 45.6 Å². The van der Waals surface area contributed by atoms with Crippen molar-refractivity contribution in [2.45, 2.75) is 52.1 Å². The Hall–Kier alpha value is -2.73. The Morgan fingerprint density at radius 1 is 1.14 bits per heavy atom. The Morgan fingerprint density at radius 2 is 1.97 bits per heavy atom. The van der Waals surface area contributed by atoms with Crippen molar-refractivity contribution in [2.75, 3.05) is 13.7 Å². The number of furan rings is 1. The van der Waals surface area contributed by atoms with Crippen LogP contribution in [0.1, 0.15) is 48.5 Å². The SMILES string of the molecule is COc1cc(C(=O)N2CC3CCC2C3C)cc2oc(-c3cc4ccc(Br)cc4n3CC3CC3)c(C)c12. The smallest absolute Gasteiger partial charge is 0.254 e. The van der Waals surface area contributed by atoms with Crippen LogP contribution in [0.3, 0.4) is 0 Å². The highest BCUT2D eigenvalue weighted by Gasteiger charge is 2.46. The van der Waals surface area contributed by atoms with Crippen LogP contribution >= 0.6 is 15.9 Å². The second kappa shape index (κ2) is 8.14. The first-order valence-electron chi connectivity index (χ1n) is 13.1. The van der Waals surface area contributed by atoms with E-state index in [1.165, 1.54) is 30.2 Å². The van der Waals surface area contributed by atoms with Crippen molar-refractivity contribution in [3.05, 3.63) is 52.0 Å². The van der Waals surface area contributed by atoms with Crippen molar-refractivity contribution in [1.29, 1.82) is 0 Å². The number of hydrogen-bond donors (Lipinski definition) is 0. The van der Waals surface area contributed by atoms with Crippen LogP contribution in [-0.2, 0) is 6.54 Å². The predicted molar refractivity (Wildman–Crippen MR) is 146 cm³/mol. The van der Waals surface area contributed by atoms with Gasteiger partial charge in [-0.1, -0.05) is 28.9 Å². The number of fused-ring (bicyclic) bond motifs is 4. The molecular weight excluding hydrogens is 516 g/mol. The van der Waals surface area contributed by atoms with Crippen LogP contribution in [0.5, 0.6) is 5.75 Å². The molecule has 7 rings (SSSR count). The number of amides is 1. The first-order valence-corrected chi connectivity index (χ1v) is 13.9. The molecule has 1 saturated heterocycles. The van der Waals surface area contributed by atoms with Gasteiger partial charge in [0.25, 0.3) is 5.91 Å². The van der Waals surface area contributed by atoms with E-state index in [4.69, 9.17) is 9.15 Å². The molecule has 2 bridgehead atoms. The first-order chi connectivity index (χ1) is 17.4. The summed E-state index contributed by atoms with van der Waals surface area (Å²) in [5.41, 5.74) is 4.72. The number of carbonyl (C=O) groups excluding carboxylic acids is 1. The number of carbonyl (C=O) groups is 1. The van der Waals surface area contributed by atoms with Gasteiger partial charge in [-0.25, -0.2) is 0 Å². The van der Waals surface area contributed by atoms with Crippen LogP contribution < -0.4 is 4.74 Å². The molecule has 4 aromatic rings. The first kappa shape index (κ1) is 22.5. The number of hydrogen-bond acceptors (Lipinski definition) is 3. The summed E-state index contributed by atoms with van der Waals surface area (Å²) in [6.45, 7) is 6.24. The molecule has 3 unspecified atom stereocenters. The van der Waals surface area contributed by atoms with Gasteiger partial charge in [0.2, 0.25) is 0 Å². The zero-order valence-electron chi connectivity index (χ0n) is 21.0. The Kier molecular flexibility index (Phi) is 5.08. The van der Waals surface area contributed by atoms with E-state index in [2.05, 4.69) is 63.5 Å². The maximum Gasteiger partial charge on any atom is 0.254 e. The third-order valence-electron chi connectivity index (χ3n) is 8.97. The van der Waals surface area contributed by atoms with Crippen LogP contribution in [0.15, 0.2) is 45.3 Å². The molecule has 2 aromatic heterocycles.